The quantitative estimate of drug-likeness (QED) is 0.429. The molecule has 0 amide bonds. The van der Waals surface area contributed by atoms with E-state index in [1.165, 1.54) is 12.8 Å². The van der Waals surface area contributed by atoms with Crippen molar-refractivity contribution in [3.63, 3.8) is 0 Å². The van der Waals surface area contributed by atoms with Crippen molar-refractivity contribution in [3.8, 4) is 0 Å². The molecule has 2 saturated carbocycles. The standard InChI is InChI=1S/C15H24O3/c1-11(9-16)12-6-7-13-14(18-10-17-3)5-4-8-15(12,13)2/h9,12-14H,1,4-8,10H2,2-3H3/t12-,13-,14+,15-/m0/s1. The summed E-state index contributed by atoms with van der Waals surface area (Å²) < 4.78 is 10.9. The van der Waals surface area contributed by atoms with Crippen LogP contribution in [0.4, 0.5) is 0 Å². The first-order valence-electron chi connectivity index (χ1n) is 6.88. The molecule has 3 heteroatoms. The summed E-state index contributed by atoms with van der Waals surface area (Å²) in [6.45, 7) is 6.63. The lowest BCUT2D eigenvalue weighted by Gasteiger charge is -2.44. The molecular weight excluding hydrogens is 228 g/mol. The summed E-state index contributed by atoms with van der Waals surface area (Å²) in [5.74, 6) is 0.886. The number of carbonyl (C=O) groups excluding carboxylic acids is 1. The van der Waals surface area contributed by atoms with Gasteiger partial charge in [0.2, 0.25) is 0 Å². The fourth-order valence-electron chi connectivity index (χ4n) is 4.17. The van der Waals surface area contributed by atoms with Crippen LogP contribution < -0.4 is 0 Å². The highest BCUT2D eigenvalue weighted by molar-refractivity contribution is 5.73. The molecule has 102 valence electrons. The predicted molar refractivity (Wildman–Crippen MR) is 70.1 cm³/mol. The van der Waals surface area contributed by atoms with Crippen molar-refractivity contribution in [1.29, 1.82) is 0 Å². The Hall–Kier alpha value is -0.670. The Balaban J connectivity index is 2.12. The number of hydrogen-bond donors (Lipinski definition) is 0. The van der Waals surface area contributed by atoms with E-state index in [1.54, 1.807) is 7.11 Å². The van der Waals surface area contributed by atoms with Crippen LogP contribution in [-0.4, -0.2) is 26.3 Å². The van der Waals surface area contributed by atoms with Crippen LogP contribution in [0.25, 0.3) is 0 Å². The van der Waals surface area contributed by atoms with E-state index in [1.807, 2.05) is 0 Å². The van der Waals surface area contributed by atoms with Gasteiger partial charge < -0.3 is 9.47 Å². The van der Waals surface area contributed by atoms with Gasteiger partial charge in [0.1, 0.15) is 13.1 Å². The molecular formula is C15H24O3. The molecule has 2 aliphatic carbocycles. The number of fused-ring (bicyclic) bond motifs is 1. The molecule has 0 heterocycles. The van der Waals surface area contributed by atoms with Gasteiger partial charge in [-0.1, -0.05) is 19.9 Å². The van der Waals surface area contributed by atoms with Gasteiger partial charge >= 0.3 is 0 Å². The van der Waals surface area contributed by atoms with E-state index in [4.69, 9.17) is 9.47 Å². The molecule has 0 unspecified atom stereocenters. The molecule has 3 nitrogen and oxygen atoms in total. The molecule has 0 bridgehead atoms. The number of carbonyl (C=O) groups is 1. The molecule has 0 aromatic rings. The van der Waals surface area contributed by atoms with Crippen LogP contribution >= 0.6 is 0 Å². The molecule has 18 heavy (non-hydrogen) atoms. The third-order valence-electron chi connectivity index (χ3n) is 5.06. The summed E-state index contributed by atoms with van der Waals surface area (Å²) in [6, 6.07) is 0. The van der Waals surface area contributed by atoms with Gasteiger partial charge in [-0.25, -0.2) is 0 Å². The SMILES string of the molecule is C=C(C=O)[C@@H]1CC[C@H]2[C@H](OCOC)CCC[C@@]12C. The maximum atomic E-state index is 11.0. The lowest BCUT2D eigenvalue weighted by atomic mass is 9.63. The van der Waals surface area contributed by atoms with Gasteiger partial charge in [-0.15, -0.1) is 0 Å². The van der Waals surface area contributed by atoms with Crippen molar-refractivity contribution < 1.29 is 14.3 Å². The monoisotopic (exact) mass is 252 g/mol. The van der Waals surface area contributed by atoms with Crippen molar-refractivity contribution in [3.05, 3.63) is 12.2 Å². The van der Waals surface area contributed by atoms with Crippen molar-refractivity contribution >= 4 is 6.29 Å². The molecule has 0 aliphatic heterocycles. The summed E-state index contributed by atoms with van der Waals surface area (Å²) in [7, 11) is 1.66. The molecule has 0 aromatic carbocycles. The van der Waals surface area contributed by atoms with Gasteiger partial charge in [0.15, 0.2) is 0 Å². The molecule has 0 saturated heterocycles. The van der Waals surface area contributed by atoms with Gasteiger partial charge in [-0.05, 0) is 48.5 Å². The van der Waals surface area contributed by atoms with Crippen molar-refractivity contribution in [2.24, 2.45) is 17.3 Å². The van der Waals surface area contributed by atoms with E-state index >= 15 is 0 Å². The van der Waals surface area contributed by atoms with Gasteiger partial charge in [-0.2, -0.15) is 0 Å². The normalized spacial score (nSPS) is 39.3. The molecule has 0 radical (unpaired) electrons. The summed E-state index contributed by atoms with van der Waals surface area (Å²) in [4.78, 5) is 11.0. The first kappa shape index (κ1) is 13.8. The summed E-state index contributed by atoms with van der Waals surface area (Å²) in [5.41, 5.74) is 0.960. The summed E-state index contributed by atoms with van der Waals surface area (Å²) in [5, 5.41) is 0. The maximum absolute atomic E-state index is 11.0. The van der Waals surface area contributed by atoms with Crippen LogP contribution in [0.2, 0.25) is 0 Å². The Morgan fingerprint density at radius 1 is 1.44 bits per heavy atom. The lowest BCUT2D eigenvalue weighted by molar-refractivity contribution is -0.126. The Labute approximate surface area is 110 Å². The van der Waals surface area contributed by atoms with Gasteiger partial charge in [0, 0.05) is 7.11 Å². The predicted octanol–water partition coefficient (Wildman–Crippen LogP) is 2.95. The lowest BCUT2D eigenvalue weighted by Crippen LogP contribution is -2.41. The van der Waals surface area contributed by atoms with E-state index in [9.17, 15) is 4.79 Å². The van der Waals surface area contributed by atoms with Crippen LogP contribution in [0.15, 0.2) is 12.2 Å². The summed E-state index contributed by atoms with van der Waals surface area (Å²) in [6.07, 6.45) is 6.91. The highest BCUT2D eigenvalue weighted by atomic mass is 16.7. The number of rotatable bonds is 5. The molecule has 4 atom stereocenters. The first-order chi connectivity index (χ1) is 8.63. The van der Waals surface area contributed by atoms with E-state index in [0.717, 1.165) is 31.1 Å². The van der Waals surface area contributed by atoms with E-state index in [-0.39, 0.29) is 11.5 Å². The second-order valence-electron chi connectivity index (χ2n) is 5.94. The third-order valence-corrected chi connectivity index (χ3v) is 5.06. The van der Waals surface area contributed by atoms with Gasteiger partial charge in [0.05, 0.1) is 6.10 Å². The molecule has 2 aliphatic rings. The highest BCUT2D eigenvalue weighted by Gasteiger charge is 2.52. The Kier molecular flexibility index (Phi) is 4.23. The maximum Gasteiger partial charge on any atom is 0.146 e. The molecule has 0 spiro atoms. The summed E-state index contributed by atoms with van der Waals surface area (Å²) >= 11 is 0. The zero-order valence-corrected chi connectivity index (χ0v) is 11.5. The topological polar surface area (TPSA) is 35.5 Å². The number of aldehydes is 1. The fourth-order valence-corrected chi connectivity index (χ4v) is 4.17. The van der Waals surface area contributed by atoms with E-state index < -0.39 is 0 Å². The average molecular weight is 252 g/mol. The van der Waals surface area contributed by atoms with Crippen LogP contribution in [0, 0.1) is 17.3 Å². The zero-order valence-electron chi connectivity index (χ0n) is 11.5. The second kappa shape index (κ2) is 5.54. The Morgan fingerprint density at radius 2 is 2.22 bits per heavy atom. The Morgan fingerprint density at radius 3 is 2.89 bits per heavy atom. The first-order valence-corrected chi connectivity index (χ1v) is 6.88. The molecule has 2 rings (SSSR count). The molecule has 0 aromatic heterocycles. The zero-order chi connectivity index (χ0) is 13.2. The van der Waals surface area contributed by atoms with Crippen LogP contribution in [0.3, 0.4) is 0 Å². The van der Waals surface area contributed by atoms with E-state index in [0.29, 0.717) is 18.6 Å². The Bertz CT molecular complexity index is 326. The van der Waals surface area contributed by atoms with Gasteiger partial charge in [-0.3, -0.25) is 4.79 Å². The van der Waals surface area contributed by atoms with Crippen molar-refractivity contribution in [2.75, 3.05) is 13.9 Å². The van der Waals surface area contributed by atoms with Crippen molar-refractivity contribution in [1.82, 2.24) is 0 Å². The molecule has 2 fully saturated rings. The third kappa shape index (κ3) is 2.26. The van der Waals surface area contributed by atoms with Gasteiger partial charge in [0.25, 0.3) is 0 Å². The largest absolute Gasteiger partial charge is 0.359 e. The van der Waals surface area contributed by atoms with Crippen LogP contribution in [0.1, 0.15) is 39.0 Å². The highest BCUT2D eigenvalue weighted by Crippen LogP contribution is 2.57. The molecule has 0 N–H and O–H groups in total. The second-order valence-corrected chi connectivity index (χ2v) is 5.94. The number of ether oxygens (including phenoxy) is 2. The smallest absolute Gasteiger partial charge is 0.146 e. The fraction of sp³-hybridized carbons (Fsp3) is 0.800. The number of methoxy groups -OCH3 is 1. The van der Waals surface area contributed by atoms with Crippen LogP contribution in [0.5, 0.6) is 0 Å². The average Bonchev–Trinajstić information content (AvgIpc) is 2.73. The minimum atomic E-state index is 0.189. The van der Waals surface area contributed by atoms with Crippen molar-refractivity contribution in [2.45, 2.75) is 45.1 Å². The number of allylic oxidation sites excluding steroid dienone is 1. The number of hydrogen-bond acceptors (Lipinski definition) is 3. The van der Waals surface area contributed by atoms with E-state index in [2.05, 4.69) is 13.5 Å². The minimum absolute atomic E-state index is 0.189. The van der Waals surface area contributed by atoms with Crippen LogP contribution in [-0.2, 0) is 14.3 Å². The minimum Gasteiger partial charge on any atom is -0.359 e.